The summed E-state index contributed by atoms with van der Waals surface area (Å²) < 4.78 is 1.85. The van der Waals surface area contributed by atoms with Crippen molar-refractivity contribution in [3.63, 3.8) is 0 Å². The van der Waals surface area contributed by atoms with Crippen LogP contribution in [-0.2, 0) is 13.1 Å². The van der Waals surface area contributed by atoms with Crippen molar-refractivity contribution >= 4 is 11.3 Å². The highest BCUT2D eigenvalue weighted by Crippen LogP contribution is 2.27. The van der Waals surface area contributed by atoms with Crippen LogP contribution in [0.15, 0.2) is 53.3 Å². The molecule has 2 N–H and O–H groups in total. The fourth-order valence-corrected chi connectivity index (χ4v) is 4.89. The van der Waals surface area contributed by atoms with E-state index in [2.05, 4.69) is 30.2 Å². The second-order valence-corrected chi connectivity index (χ2v) is 9.21. The Kier molecular flexibility index (Phi) is 6.38. The summed E-state index contributed by atoms with van der Waals surface area (Å²) in [6, 6.07) is 5.55. The molecule has 1 fully saturated rings. The maximum absolute atomic E-state index is 12.3. The summed E-state index contributed by atoms with van der Waals surface area (Å²) in [7, 11) is 1.90. The van der Waals surface area contributed by atoms with Crippen LogP contribution >= 0.6 is 11.3 Å². The fourth-order valence-electron chi connectivity index (χ4n) is 4.20. The number of aromatic amines is 1. The van der Waals surface area contributed by atoms with Crippen LogP contribution in [0.25, 0.3) is 16.5 Å². The molecule has 4 aromatic rings. The third-order valence-corrected chi connectivity index (χ3v) is 6.64. The highest BCUT2D eigenvalue weighted by molar-refractivity contribution is 7.13. The number of hydrogen-bond donors (Lipinski definition) is 2. The van der Waals surface area contributed by atoms with Crippen molar-refractivity contribution < 1.29 is 0 Å². The summed E-state index contributed by atoms with van der Waals surface area (Å²) in [5.41, 5.74) is 2.66. The lowest BCUT2D eigenvalue weighted by atomic mass is 9.97. The van der Waals surface area contributed by atoms with Gasteiger partial charge >= 0.3 is 0 Å². The number of imidazole rings is 1. The van der Waals surface area contributed by atoms with Gasteiger partial charge in [-0.25, -0.2) is 19.9 Å². The zero-order chi connectivity index (χ0) is 22.6. The first-order valence-electron chi connectivity index (χ1n) is 11.0. The van der Waals surface area contributed by atoms with E-state index < -0.39 is 0 Å². The van der Waals surface area contributed by atoms with Gasteiger partial charge in [-0.15, -0.1) is 11.3 Å². The molecule has 0 bridgehead atoms. The van der Waals surface area contributed by atoms with Crippen LogP contribution in [-0.4, -0.2) is 54.5 Å². The van der Waals surface area contributed by atoms with Crippen molar-refractivity contribution in [1.29, 1.82) is 0 Å². The number of nitrogens with zero attached hydrogens (tertiary/aromatic N) is 6. The molecule has 1 atom stereocenters. The zero-order valence-electron chi connectivity index (χ0n) is 18.4. The lowest BCUT2D eigenvalue weighted by Gasteiger charge is -2.31. The first-order chi connectivity index (χ1) is 16.2. The molecule has 1 saturated heterocycles. The van der Waals surface area contributed by atoms with Gasteiger partial charge < -0.3 is 10.3 Å². The van der Waals surface area contributed by atoms with E-state index in [1.165, 1.54) is 0 Å². The summed E-state index contributed by atoms with van der Waals surface area (Å²) in [5, 5.41) is 5.09. The molecule has 0 radical (unpaired) electrons. The van der Waals surface area contributed by atoms with Gasteiger partial charge in [-0.2, -0.15) is 0 Å². The Morgan fingerprint density at radius 3 is 2.94 bits per heavy atom. The first kappa shape index (κ1) is 21.6. The number of piperidine rings is 1. The van der Waals surface area contributed by atoms with Gasteiger partial charge in [-0.3, -0.25) is 14.3 Å². The van der Waals surface area contributed by atoms with E-state index in [4.69, 9.17) is 4.98 Å². The van der Waals surface area contributed by atoms with Crippen molar-refractivity contribution in [2.75, 3.05) is 20.1 Å². The molecular formula is C23H26N8OS. The van der Waals surface area contributed by atoms with Gasteiger partial charge in [-0.05, 0) is 37.9 Å². The molecule has 0 spiro atoms. The van der Waals surface area contributed by atoms with Gasteiger partial charge in [0, 0.05) is 55.8 Å². The van der Waals surface area contributed by atoms with Gasteiger partial charge in [0.2, 0.25) is 5.95 Å². The Balaban J connectivity index is 1.27. The number of thiophene rings is 1. The molecule has 1 aliphatic heterocycles. The molecule has 0 amide bonds. The molecule has 5 rings (SSSR count). The Labute approximate surface area is 195 Å². The highest BCUT2D eigenvalue weighted by atomic mass is 32.1. The normalized spacial score (nSPS) is 16.8. The van der Waals surface area contributed by atoms with E-state index in [0.29, 0.717) is 5.95 Å². The quantitative estimate of drug-likeness (QED) is 0.435. The molecule has 4 aromatic heterocycles. The molecular weight excluding hydrogens is 436 g/mol. The summed E-state index contributed by atoms with van der Waals surface area (Å²) in [5.74, 6) is 1.57. The van der Waals surface area contributed by atoms with E-state index in [1.54, 1.807) is 23.7 Å². The summed E-state index contributed by atoms with van der Waals surface area (Å²) in [4.78, 5) is 36.9. The lowest BCUT2D eigenvalue weighted by Crippen LogP contribution is -2.35. The Hall–Kier alpha value is -3.21. The Morgan fingerprint density at radius 2 is 2.15 bits per heavy atom. The van der Waals surface area contributed by atoms with Crippen LogP contribution < -0.4 is 10.9 Å². The third-order valence-electron chi connectivity index (χ3n) is 5.75. The third kappa shape index (κ3) is 5.08. The average Bonchev–Trinajstić information content (AvgIpc) is 3.52. The minimum atomic E-state index is -0.0972. The lowest BCUT2D eigenvalue weighted by molar-refractivity contribution is 0.194. The van der Waals surface area contributed by atoms with Gasteiger partial charge in [0.15, 0.2) is 0 Å². The molecule has 0 saturated carbocycles. The largest absolute Gasteiger partial charge is 0.316 e. The molecule has 9 nitrogen and oxygen atoms in total. The van der Waals surface area contributed by atoms with Gasteiger partial charge in [0.1, 0.15) is 12.2 Å². The van der Waals surface area contributed by atoms with Crippen molar-refractivity contribution in [3.8, 4) is 16.5 Å². The molecule has 0 aliphatic carbocycles. The number of H-pyrrole nitrogens is 1. The van der Waals surface area contributed by atoms with E-state index in [1.807, 2.05) is 47.7 Å². The second-order valence-electron chi connectivity index (χ2n) is 8.26. The van der Waals surface area contributed by atoms with Crippen molar-refractivity contribution in [2.45, 2.75) is 31.8 Å². The predicted molar refractivity (Wildman–Crippen MR) is 127 cm³/mol. The van der Waals surface area contributed by atoms with Crippen LogP contribution in [0, 0.1) is 0 Å². The summed E-state index contributed by atoms with van der Waals surface area (Å²) in [6.07, 6.45) is 9.45. The number of nitrogens with one attached hydrogen (secondary N) is 2. The maximum Gasteiger partial charge on any atom is 0.251 e. The monoisotopic (exact) mass is 462 g/mol. The minimum absolute atomic E-state index is 0.0972. The van der Waals surface area contributed by atoms with Crippen molar-refractivity contribution in [1.82, 2.24) is 39.7 Å². The Morgan fingerprint density at radius 1 is 1.27 bits per heavy atom. The predicted octanol–water partition coefficient (Wildman–Crippen LogP) is 2.57. The summed E-state index contributed by atoms with van der Waals surface area (Å²) in [6.45, 7) is 3.30. The van der Waals surface area contributed by atoms with Crippen LogP contribution in [0.5, 0.6) is 0 Å². The smallest absolute Gasteiger partial charge is 0.251 e. The maximum atomic E-state index is 12.3. The molecule has 0 aromatic carbocycles. The van der Waals surface area contributed by atoms with E-state index >= 15 is 0 Å². The van der Waals surface area contributed by atoms with Gasteiger partial charge in [0.25, 0.3) is 5.56 Å². The Bertz CT molecular complexity index is 1250. The first-order valence-corrected chi connectivity index (χ1v) is 11.9. The van der Waals surface area contributed by atoms with E-state index in [9.17, 15) is 4.79 Å². The number of hydrogen-bond acceptors (Lipinski definition) is 8. The molecule has 170 valence electrons. The highest BCUT2D eigenvalue weighted by Gasteiger charge is 2.24. The molecule has 5 heterocycles. The average molecular weight is 463 g/mol. The van der Waals surface area contributed by atoms with Crippen molar-refractivity contribution in [3.05, 3.63) is 75.9 Å². The van der Waals surface area contributed by atoms with Gasteiger partial charge in [-0.1, -0.05) is 6.07 Å². The zero-order valence-corrected chi connectivity index (χ0v) is 19.3. The van der Waals surface area contributed by atoms with Crippen LogP contribution in [0.2, 0.25) is 0 Å². The topological polar surface area (TPSA) is 105 Å². The molecule has 1 unspecified atom stereocenters. The molecule has 10 heteroatoms. The standard InChI is InChI=1S/C23H26N8OS/c1-24-9-16-10-25-23(26-11-16)31-14-18(27-15-31)13-30-6-2-4-17(12-30)22-28-19(8-21(32)29-22)20-5-3-7-33-20/h3,5,7-8,10-11,14-15,17,24H,2,4,6,9,12-13H2,1H3,(H,28,29,32). The van der Waals surface area contributed by atoms with Crippen LogP contribution in [0.3, 0.4) is 0 Å². The van der Waals surface area contributed by atoms with Gasteiger partial charge in [0.05, 0.1) is 16.3 Å². The SMILES string of the molecule is CNCc1cnc(-n2cnc(CN3CCCC(c4nc(-c5cccs5)cc(=O)[nH]4)C3)c2)nc1. The summed E-state index contributed by atoms with van der Waals surface area (Å²) >= 11 is 1.60. The van der Waals surface area contributed by atoms with Crippen LogP contribution in [0.4, 0.5) is 0 Å². The molecule has 1 aliphatic rings. The van der Waals surface area contributed by atoms with Crippen molar-refractivity contribution in [2.24, 2.45) is 0 Å². The minimum Gasteiger partial charge on any atom is -0.316 e. The number of likely N-dealkylation sites (tertiary alicyclic amines) is 1. The second kappa shape index (κ2) is 9.74. The number of rotatable bonds is 7. The fraction of sp³-hybridized carbons (Fsp3) is 0.348. The van der Waals surface area contributed by atoms with E-state index in [-0.39, 0.29) is 11.5 Å². The molecule has 33 heavy (non-hydrogen) atoms. The number of aromatic nitrogens is 6. The van der Waals surface area contributed by atoms with Crippen LogP contribution in [0.1, 0.15) is 35.8 Å². The van der Waals surface area contributed by atoms with E-state index in [0.717, 1.165) is 66.7 Å².